The zero-order valence-corrected chi connectivity index (χ0v) is 16.3. The molecule has 1 N–H and O–H groups in total. The number of fused-ring (bicyclic) bond motifs is 2. The van der Waals surface area contributed by atoms with Gasteiger partial charge in [0.25, 0.3) is 5.91 Å². The predicted molar refractivity (Wildman–Crippen MR) is 105 cm³/mol. The van der Waals surface area contributed by atoms with Crippen molar-refractivity contribution in [3.63, 3.8) is 0 Å². The van der Waals surface area contributed by atoms with E-state index in [1.54, 1.807) is 0 Å². The third-order valence-electron chi connectivity index (χ3n) is 6.17. The molecule has 1 amide bonds. The van der Waals surface area contributed by atoms with Gasteiger partial charge >= 0.3 is 0 Å². The van der Waals surface area contributed by atoms with Gasteiger partial charge in [0.2, 0.25) is 0 Å². The molecule has 2 aliphatic heterocycles. The number of hydrogen-bond acceptors (Lipinski definition) is 4. The molecule has 6 nitrogen and oxygen atoms in total. The third kappa shape index (κ3) is 3.25. The van der Waals surface area contributed by atoms with Crippen LogP contribution in [0.1, 0.15) is 58.3 Å². The van der Waals surface area contributed by atoms with Crippen LogP contribution >= 0.6 is 12.4 Å². The molecule has 144 valence electrons. The Labute approximate surface area is 165 Å². The number of nitrogens with one attached hydrogen (secondary N) is 1. The lowest BCUT2D eigenvalue weighted by Gasteiger charge is -2.32. The summed E-state index contributed by atoms with van der Waals surface area (Å²) >= 11 is 0. The number of carbonyl (C=O) groups excluding carboxylic acids is 1. The quantitative estimate of drug-likeness (QED) is 0.858. The summed E-state index contributed by atoms with van der Waals surface area (Å²) in [5.74, 6) is 2.80. The molecule has 0 bridgehead atoms. The summed E-state index contributed by atoms with van der Waals surface area (Å²) in [6.07, 6.45) is 5.30. The number of piperidine rings is 1. The first-order valence-electron chi connectivity index (χ1n) is 9.84. The Morgan fingerprint density at radius 3 is 2.81 bits per heavy atom. The SMILES string of the molecule is Cl.O=C(c1cccc2c1CCC2)N1CCC(c2nnc3n2CCNC3)CC1. The summed E-state index contributed by atoms with van der Waals surface area (Å²) in [5.41, 5.74) is 3.59. The van der Waals surface area contributed by atoms with Gasteiger partial charge in [-0.15, -0.1) is 22.6 Å². The van der Waals surface area contributed by atoms with Gasteiger partial charge in [-0.25, -0.2) is 0 Å². The smallest absolute Gasteiger partial charge is 0.254 e. The van der Waals surface area contributed by atoms with E-state index in [0.717, 1.165) is 75.6 Å². The Balaban J connectivity index is 0.00000180. The normalized spacial score (nSPS) is 19.3. The Morgan fingerprint density at radius 2 is 1.96 bits per heavy atom. The fourth-order valence-electron chi connectivity index (χ4n) is 4.75. The molecule has 0 spiro atoms. The highest BCUT2D eigenvalue weighted by Gasteiger charge is 2.30. The average molecular weight is 388 g/mol. The first-order valence-corrected chi connectivity index (χ1v) is 9.84. The Morgan fingerprint density at radius 1 is 1.11 bits per heavy atom. The second-order valence-electron chi connectivity index (χ2n) is 7.67. The van der Waals surface area contributed by atoms with Crippen LogP contribution in [0.4, 0.5) is 0 Å². The minimum Gasteiger partial charge on any atom is -0.339 e. The Bertz CT molecular complexity index is 841. The van der Waals surface area contributed by atoms with E-state index in [0.29, 0.717) is 5.92 Å². The van der Waals surface area contributed by atoms with Crippen LogP contribution < -0.4 is 5.32 Å². The molecular formula is C20H26ClN5O. The van der Waals surface area contributed by atoms with Crippen LogP contribution in [-0.4, -0.2) is 45.2 Å². The van der Waals surface area contributed by atoms with Gasteiger partial charge in [-0.2, -0.15) is 0 Å². The molecule has 7 heteroatoms. The maximum absolute atomic E-state index is 13.1. The number of likely N-dealkylation sites (tertiary alicyclic amines) is 1. The van der Waals surface area contributed by atoms with Crippen molar-refractivity contribution in [1.82, 2.24) is 25.0 Å². The van der Waals surface area contributed by atoms with Crippen molar-refractivity contribution < 1.29 is 4.79 Å². The van der Waals surface area contributed by atoms with E-state index in [-0.39, 0.29) is 18.3 Å². The molecular weight excluding hydrogens is 362 g/mol. The predicted octanol–water partition coefficient (Wildman–Crippen LogP) is 2.31. The van der Waals surface area contributed by atoms with Gasteiger partial charge in [-0.05, 0) is 49.3 Å². The van der Waals surface area contributed by atoms with Crippen LogP contribution in [0.5, 0.6) is 0 Å². The summed E-state index contributed by atoms with van der Waals surface area (Å²) in [7, 11) is 0. The minimum absolute atomic E-state index is 0. The van der Waals surface area contributed by atoms with Gasteiger partial charge in [0.05, 0.1) is 6.54 Å². The van der Waals surface area contributed by atoms with Gasteiger partial charge in [0.1, 0.15) is 11.6 Å². The molecule has 0 unspecified atom stereocenters. The molecule has 1 fully saturated rings. The van der Waals surface area contributed by atoms with Crippen molar-refractivity contribution in [2.45, 2.75) is 51.1 Å². The van der Waals surface area contributed by atoms with E-state index in [4.69, 9.17) is 0 Å². The van der Waals surface area contributed by atoms with Crippen molar-refractivity contribution in [1.29, 1.82) is 0 Å². The lowest BCUT2D eigenvalue weighted by molar-refractivity contribution is 0.0709. The molecule has 0 saturated carbocycles. The molecule has 1 aromatic carbocycles. The molecule has 1 aromatic heterocycles. The number of nitrogens with zero attached hydrogens (tertiary/aromatic N) is 4. The molecule has 3 aliphatic rings. The average Bonchev–Trinajstić information content (AvgIpc) is 3.34. The van der Waals surface area contributed by atoms with Crippen LogP contribution in [0.25, 0.3) is 0 Å². The number of carbonyl (C=O) groups is 1. The first-order chi connectivity index (χ1) is 12.8. The second-order valence-corrected chi connectivity index (χ2v) is 7.67. The van der Waals surface area contributed by atoms with Crippen LogP contribution in [0.2, 0.25) is 0 Å². The van der Waals surface area contributed by atoms with Gasteiger partial charge in [0, 0.05) is 37.7 Å². The second kappa shape index (κ2) is 7.60. The van der Waals surface area contributed by atoms with E-state index in [2.05, 4.69) is 26.1 Å². The molecule has 2 aromatic rings. The molecule has 0 radical (unpaired) electrons. The molecule has 1 saturated heterocycles. The monoisotopic (exact) mass is 387 g/mol. The summed E-state index contributed by atoms with van der Waals surface area (Å²) in [4.78, 5) is 15.1. The van der Waals surface area contributed by atoms with Crippen LogP contribution in [0.3, 0.4) is 0 Å². The van der Waals surface area contributed by atoms with Gasteiger partial charge in [-0.3, -0.25) is 4.79 Å². The number of aromatic nitrogens is 3. The van der Waals surface area contributed by atoms with Gasteiger partial charge in [0.15, 0.2) is 0 Å². The van der Waals surface area contributed by atoms with E-state index in [9.17, 15) is 4.79 Å². The lowest BCUT2D eigenvalue weighted by atomic mass is 9.94. The lowest BCUT2D eigenvalue weighted by Crippen LogP contribution is -2.39. The number of benzene rings is 1. The standard InChI is InChI=1S/C20H25N5O.ClH/c26-20(17-6-2-4-14-3-1-5-16(14)17)24-10-7-15(8-11-24)19-23-22-18-13-21-9-12-25(18)19;/h2,4,6,15,21H,1,3,5,7-13H2;1H. The first kappa shape index (κ1) is 18.4. The summed E-state index contributed by atoms with van der Waals surface area (Å²) in [5, 5.41) is 12.2. The van der Waals surface area contributed by atoms with Crippen LogP contribution in [0.15, 0.2) is 18.2 Å². The van der Waals surface area contributed by atoms with E-state index in [1.165, 1.54) is 17.5 Å². The Hall–Kier alpha value is -1.92. The van der Waals surface area contributed by atoms with Crippen molar-refractivity contribution in [2.24, 2.45) is 0 Å². The molecule has 3 heterocycles. The van der Waals surface area contributed by atoms with Crippen molar-refractivity contribution in [3.8, 4) is 0 Å². The molecule has 27 heavy (non-hydrogen) atoms. The number of hydrogen-bond donors (Lipinski definition) is 1. The van der Waals surface area contributed by atoms with E-state index in [1.807, 2.05) is 17.0 Å². The summed E-state index contributed by atoms with van der Waals surface area (Å²) in [6, 6.07) is 6.23. The highest BCUT2D eigenvalue weighted by molar-refractivity contribution is 5.96. The van der Waals surface area contributed by atoms with E-state index < -0.39 is 0 Å². The van der Waals surface area contributed by atoms with Crippen molar-refractivity contribution in [3.05, 3.63) is 46.5 Å². The van der Waals surface area contributed by atoms with Gasteiger partial charge < -0.3 is 14.8 Å². The highest BCUT2D eigenvalue weighted by Crippen LogP contribution is 2.30. The molecule has 0 atom stereocenters. The zero-order chi connectivity index (χ0) is 17.5. The summed E-state index contributed by atoms with van der Waals surface area (Å²) in [6.45, 7) is 4.37. The maximum atomic E-state index is 13.1. The largest absolute Gasteiger partial charge is 0.339 e. The Kier molecular flexibility index (Phi) is 5.19. The minimum atomic E-state index is 0. The van der Waals surface area contributed by atoms with Crippen LogP contribution in [-0.2, 0) is 25.9 Å². The van der Waals surface area contributed by atoms with E-state index >= 15 is 0 Å². The number of rotatable bonds is 2. The van der Waals surface area contributed by atoms with Crippen LogP contribution in [0, 0.1) is 0 Å². The number of halogens is 1. The van der Waals surface area contributed by atoms with Crippen molar-refractivity contribution in [2.75, 3.05) is 19.6 Å². The number of aryl methyl sites for hydroxylation is 1. The summed E-state index contributed by atoms with van der Waals surface area (Å²) < 4.78 is 2.28. The molecule has 1 aliphatic carbocycles. The fraction of sp³-hybridized carbons (Fsp3) is 0.550. The third-order valence-corrected chi connectivity index (χ3v) is 6.17. The van der Waals surface area contributed by atoms with Crippen molar-refractivity contribution >= 4 is 18.3 Å². The topological polar surface area (TPSA) is 63.1 Å². The maximum Gasteiger partial charge on any atom is 0.254 e. The fourth-order valence-corrected chi connectivity index (χ4v) is 4.75. The molecule has 5 rings (SSSR count). The van der Waals surface area contributed by atoms with Gasteiger partial charge in [-0.1, -0.05) is 12.1 Å². The highest BCUT2D eigenvalue weighted by atomic mass is 35.5. The number of amides is 1. The zero-order valence-electron chi connectivity index (χ0n) is 15.5.